The SMILES string of the molecule is CC(NC(=O)CN(C)Cc1ccccc1F)c1cc2ccccc2o1. The average molecular weight is 340 g/mol. The van der Waals surface area contributed by atoms with Crippen molar-refractivity contribution in [1.29, 1.82) is 0 Å². The smallest absolute Gasteiger partial charge is 0.234 e. The normalized spacial score (nSPS) is 12.5. The molecule has 1 N–H and O–H groups in total. The first-order valence-electron chi connectivity index (χ1n) is 8.22. The third kappa shape index (κ3) is 4.25. The van der Waals surface area contributed by atoms with E-state index in [9.17, 15) is 9.18 Å². The molecule has 130 valence electrons. The van der Waals surface area contributed by atoms with Crippen LogP contribution < -0.4 is 5.32 Å². The lowest BCUT2D eigenvalue weighted by Crippen LogP contribution is -2.36. The molecule has 0 saturated carbocycles. The highest BCUT2D eigenvalue weighted by atomic mass is 19.1. The van der Waals surface area contributed by atoms with Crippen LogP contribution in [0.4, 0.5) is 4.39 Å². The minimum absolute atomic E-state index is 0.133. The number of fused-ring (bicyclic) bond motifs is 1. The van der Waals surface area contributed by atoms with Gasteiger partial charge >= 0.3 is 0 Å². The lowest BCUT2D eigenvalue weighted by molar-refractivity contribution is -0.122. The van der Waals surface area contributed by atoms with E-state index in [2.05, 4.69) is 5.32 Å². The maximum absolute atomic E-state index is 13.7. The molecule has 0 aliphatic carbocycles. The van der Waals surface area contributed by atoms with Crippen LogP contribution in [0.5, 0.6) is 0 Å². The summed E-state index contributed by atoms with van der Waals surface area (Å²) in [5.41, 5.74) is 1.37. The summed E-state index contributed by atoms with van der Waals surface area (Å²) in [4.78, 5) is 14.0. The van der Waals surface area contributed by atoms with Gasteiger partial charge in [0, 0.05) is 17.5 Å². The summed E-state index contributed by atoms with van der Waals surface area (Å²) in [6, 6.07) is 16.0. The van der Waals surface area contributed by atoms with Gasteiger partial charge in [0.25, 0.3) is 0 Å². The average Bonchev–Trinajstić information content (AvgIpc) is 3.01. The molecular formula is C20H21FN2O2. The number of nitrogens with zero attached hydrogens (tertiary/aromatic N) is 1. The molecule has 5 heteroatoms. The second kappa shape index (κ2) is 7.49. The maximum atomic E-state index is 13.7. The van der Waals surface area contributed by atoms with E-state index in [4.69, 9.17) is 4.42 Å². The van der Waals surface area contributed by atoms with Crippen molar-refractivity contribution in [3.05, 3.63) is 71.7 Å². The van der Waals surface area contributed by atoms with Gasteiger partial charge in [-0.15, -0.1) is 0 Å². The predicted octanol–water partition coefficient (Wildman–Crippen LogP) is 3.88. The highest BCUT2D eigenvalue weighted by Gasteiger charge is 2.16. The van der Waals surface area contributed by atoms with Crippen molar-refractivity contribution in [1.82, 2.24) is 10.2 Å². The van der Waals surface area contributed by atoms with E-state index in [-0.39, 0.29) is 24.3 Å². The highest BCUT2D eigenvalue weighted by Crippen LogP contribution is 2.23. The number of para-hydroxylation sites is 1. The number of likely N-dealkylation sites (N-methyl/N-ethyl adjacent to an activating group) is 1. The van der Waals surface area contributed by atoms with E-state index in [0.29, 0.717) is 17.9 Å². The van der Waals surface area contributed by atoms with Gasteiger partial charge in [-0.3, -0.25) is 9.69 Å². The Hall–Kier alpha value is -2.66. The Morgan fingerprint density at radius 2 is 1.92 bits per heavy atom. The second-order valence-corrected chi connectivity index (χ2v) is 6.24. The monoisotopic (exact) mass is 340 g/mol. The van der Waals surface area contributed by atoms with Gasteiger partial charge in [0.15, 0.2) is 0 Å². The molecule has 0 aliphatic heterocycles. The first-order valence-corrected chi connectivity index (χ1v) is 8.22. The van der Waals surface area contributed by atoms with E-state index in [1.54, 1.807) is 30.1 Å². The van der Waals surface area contributed by atoms with Crippen molar-refractivity contribution in [3.63, 3.8) is 0 Å². The fraction of sp³-hybridized carbons (Fsp3) is 0.250. The molecule has 0 saturated heterocycles. The summed E-state index contributed by atoms with van der Waals surface area (Å²) >= 11 is 0. The van der Waals surface area contributed by atoms with Gasteiger partial charge in [-0.05, 0) is 32.2 Å². The van der Waals surface area contributed by atoms with E-state index < -0.39 is 0 Å². The quantitative estimate of drug-likeness (QED) is 0.741. The number of hydrogen-bond donors (Lipinski definition) is 1. The zero-order valence-electron chi connectivity index (χ0n) is 14.3. The van der Waals surface area contributed by atoms with Gasteiger partial charge in [-0.25, -0.2) is 4.39 Å². The van der Waals surface area contributed by atoms with Crippen LogP contribution in [0.25, 0.3) is 11.0 Å². The van der Waals surface area contributed by atoms with Crippen molar-refractivity contribution in [3.8, 4) is 0 Å². The Labute approximate surface area is 146 Å². The summed E-state index contributed by atoms with van der Waals surface area (Å²) < 4.78 is 19.4. The van der Waals surface area contributed by atoms with Gasteiger partial charge in [-0.1, -0.05) is 36.4 Å². The van der Waals surface area contributed by atoms with Crippen LogP contribution in [0.2, 0.25) is 0 Å². The molecule has 1 aromatic heterocycles. The lowest BCUT2D eigenvalue weighted by Gasteiger charge is -2.18. The third-order valence-corrected chi connectivity index (χ3v) is 4.06. The third-order valence-electron chi connectivity index (χ3n) is 4.06. The van der Waals surface area contributed by atoms with E-state index in [1.807, 2.05) is 37.3 Å². The van der Waals surface area contributed by atoms with Crippen molar-refractivity contribution >= 4 is 16.9 Å². The summed E-state index contributed by atoms with van der Waals surface area (Å²) in [7, 11) is 1.79. The largest absolute Gasteiger partial charge is 0.459 e. The minimum Gasteiger partial charge on any atom is -0.459 e. The van der Waals surface area contributed by atoms with Crippen molar-refractivity contribution in [2.45, 2.75) is 19.5 Å². The standard InChI is InChI=1S/C20H21FN2O2/c1-14(19-11-15-7-4-6-10-18(15)25-19)22-20(24)13-23(2)12-16-8-3-5-9-17(16)21/h3-11,14H,12-13H2,1-2H3,(H,22,24). The number of amides is 1. The van der Waals surface area contributed by atoms with Crippen LogP contribution in [0, 0.1) is 5.82 Å². The van der Waals surface area contributed by atoms with Crippen molar-refractivity contribution in [2.75, 3.05) is 13.6 Å². The second-order valence-electron chi connectivity index (χ2n) is 6.24. The van der Waals surface area contributed by atoms with Crippen LogP contribution in [0.3, 0.4) is 0 Å². The fourth-order valence-corrected chi connectivity index (χ4v) is 2.79. The van der Waals surface area contributed by atoms with Gasteiger partial charge in [0.05, 0.1) is 12.6 Å². The molecule has 2 aromatic carbocycles. The highest BCUT2D eigenvalue weighted by molar-refractivity contribution is 5.80. The number of carbonyl (C=O) groups is 1. The van der Waals surface area contributed by atoms with Crippen LogP contribution in [0.1, 0.15) is 24.3 Å². The van der Waals surface area contributed by atoms with Crippen molar-refractivity contribution < 1.29 is 13.6 Å². The first kappa shape index (κ1) is 17.2. The number of carbonyl (C=O) groups excluding carboxylic acids is 1. The molecule has 1 atom stereocenters. The van der Waals surface area contributed by atoms with Gasteiger partial charge in [-0.2, -0.15) is 0 Å². The van der Waals surface area contributed by atoms with E-state index >= 15 is 0 Å². The van der Waals surface area contributed by atoms with Crippen LogP contribution in [0.15, 0.2) is 59.0 Å². The maximum Gasteiger partial charge on any atom is 0.234 e. The zero-order valence-corrected chi connectivity index (χ0v) is 14.3. The molecular weight excluding hydrogens is 319 g/mol. The number of hydrogen-bond acceptors (Lipinski definition) is 3. The number of rotatable bonds is 6. The summed E-state index contributed by atoms with van der Waals surface area (Å²) in [5, 5.41) is 3.93. The summed E-state index contributed by atoms with van der Waals surface area (Å²) in [6.07, 6.45) is 0. The summed E-state index contributed by atoms with van der Waals surface area (Å²) in [5.74, 6) is 0.323. The van der Waals surface area contributed by atoms with E-state index in [1.165, 1.54) is 6.07 Å². The molecule has 0 fully saturated rings. The van der Waals surface area contributed by atoms with Gasteiger partial charge < -0.3 is 9.73 Å². The molecule has 3 rings (SSSR count). The Kier molecular flexibility index (Phi) is 5.14. The minimum atomic E-state index is -0.259. The topological polar surface area (TPSA) is 45.5 Å². The fourth-order valence-electron chi connectivity index (χ4n) is 2.79. The van der Waals surface area contributed by atoms with Crippen molar-refractivity contribution in [2.24, 2.45) is 0 Å². The predicted molar refractivity (Wildman–Crippen MR) is 95.5 cm³/mol. The Balaban J connectivity index is 1.57. The molecule has 0 aliphatic rings. The van der Waals surface area contributed by atoms with Crippen LogP contribution in [-0.4, -0.2) is 24.4 Å². The number of benzene rings is 2. The molecule has 25 heavy (non-hydrogen) atoms. The Bertz CT molecular complexity index is 842. The van der Waals surface area contributed by atoms with Crippen LogP contribution in [-0.2, 0) is 11.3 Å². The molecule has 3 aromatic rings. The lowest BCUT2D eigenvalue weighted by atomic mass is 10.2. The molecule has 0 radical (unpaired) electrons. The molecule has 1 heterocycles. The van der Waals surface area contributed by atoms with Gasteiger partial charge in [0.2, 0.25) is 5.91 Å². The number of nitrogens with one attached hydrogen (secondary N) is 1. The molecule has 0 spiro atoms. The number of halogens is 1. The Morgan fingerprint density at radius 3 is 2.68 bits per heavy atom. The zero-order chi connectivity index (χ0) is 17.8. The van der Waals surface area contributed by atoms with E-state index in [0.717, 1.165) is 11.0 Å². The molecule has 1 amide bonds. The molecule has 4 nitrogen and oxygen atoms in total. The molecule has 1 unspecified atom stereocenters. The van der Waals surface area contributed by atoms with Gasteiger partial charge in [0.1, 0.15) is 17.2 Å². The summed E-state index contributed by atoms with van der Waals surface area (Å²) in [6.45, 7) is 2.44. The Morgan fingerprint density at radius 1 is 1.20 bits per heavy atom. The first-order chi connectivity index (χ1) is 12.0. The van der Waals surface area contributed by atoms with Crippen LogP contribution >= 0.6 is 0 Å². The molecule has 0 bridgehead atoms. The number of furan rings is 1.